The van der Waals surface area contributed by atoms with E-state index in [9.17, 15) is 19.2 Å². The van der Waals surface area contributed by atoms with Crippen LogP contribution in [0.5, 0.6) is 17.2 Å². The fraction of sp³-hybridized carbons (Fsp3) is 0.281. The van der Waals surface area contributed by atoms with Gasteiger partial charge in [-0.2, -0.15) is 5.10 Å². The Labute approximate surface area is 249 Å². The van der Waals surface area contributed by atoms with E-state index in [2.05, 4.69) is 21.2 Å². The molecule has 0 spiro atoms. The van der Waals surface area contributed by atoms with E-state index in [4.69, 9.17) is 14.2 Å². The van der Waals surface area contributed by atoms with E-state index < -0.39 is 17.8 Å². The quantitative estimate of drug-likeness (QED) is 0.105. The van der Waals surface area contributed by atoms with Crippen molar-refractivity contribution in [2.75, 3.05) is 19.0 Å². The fourth-order valence-corrected chi connectivity index (χ4v) is 4.54. The number of hydrogen-bond acceptors (Lipinski definition) is 8. The molecule has 3 N–H and O–H groups in total. The highest BCUT2D eigenvalue weighted by molar-refractivity contribution is 6.40. The van der Waals surface area contributed by atoms with Crippen molar-refractivity contribution in [3.63, 3.8) is 0 Å². The predicted octanol–water partition coefficient (Wildman–Crippen LogP) is 4.46. The summed E-state index contributed by atoms with van der Waals surface area (Å²) in [7, 11) is 1.53. The minimum absolute atomic E-state index is 0.0977. The van der Waals surface area contributed by atoms with Gasteiger partial charge in [0.1, 0.15) is 5.75 Å². The molecule has 1 aliphatic rings. The van der Waals surface area contributed by atoms with Gasteiger partial charge in [-0.1, -0.05) is 31.4 Å². The Bertz CT molecular complexity index is 1480. The lowest BCUT2D eigenvalue weighted by atomic mass is 9.95. The number of rotatable bonds is 10. The molecule has 0 heterocycles. The lowest BCUT2D eigenvalue weighted by Crippen LogP contribution is -2.37. The summed E-state index contributed by atoms with van der Waals surface area (Å²) in [4.78, 5) is 50.4. The molecule has 3 aromatic carbocycles. The number of hydrazone groups is 1. The van der Waals surface area contributed by atoms with Crippen molar-refractivity contribution in [1.29, 1.82) is 0 Å². The molecule has 0 aliphatic heterocycles. The van der Waals surface area contributed by atoms with E-state index in [0.717, 1.165) is 32.1 Å². The van der Waals surface area contributed by atoms with Crippen molar-refractivity contribution in [1.82, 2.24) is 10.7 Å². The van der Waals surface area contributed by atoms with Crippen LogP contribution >= 0.6 is 0 Å². The Hall–Kier alpha value is -5.19. The minimum atomic E-state index is -1.02. The maximum atomic E-state index is 12.8. The minimum Gasteiger partial charge on any atom is -0.497 e. The second-order valence-corrected chi connectivity index (χ2v) is 9.76. The lowest BCUT2D eigenvalue weighted by Gasteiger charge is -2.23. The number of amides is 3. The Balaban J connectivity index is 1.35. The number of methoxy groups -OCH3 is 1. The molecule has 1 aliphatic carbocycles. The molecule has 43 heavy (non-hydrogen) atoms. The number of nitrogens with one attached hydrogen (secondary N) is 3. The van der Waals surface area contributed by atoms with Crippen LogP contribution in [0.25, 0.3) is 0 Å². The number of esters is 1. The number of ether oxygens (including phenoxy) is 3. The molecule has 0 radical (unpaired) electrons. The molecule has 3 aromatic rings. The van der Waals surface area contributed by atoms with Crippen molar-refractivity contribution >= 4 is 35.6 Å². The molecule has 0 aromatic heterocycles. The fourth-order valence-electron chi connectivity index (χ4n) is 4.54. The normalized spacial score (nSPS) is 13.2. The van der Waals surface area contributed by atoms with E-state index in [1.807, 2.05) is 0 Å². The first-order valence-electron chi connectivity index (χ1n) is 14.0. The Kier molecular flexibility index (Phi) is 10.8. The van der Waals surface area contributed by atoms with Crippen molar-refractivity contribution < 1.29 is 33.4 Å². The monoisotopic (exact) mass is 586 g/mol. The highest BCUT2D eigenvalue weighted by Crippen LogP contribution is 2.29. The van der Waals surface area contributed by atoms with Gasteiger partial charge in [0, 0.05) is 6.04 Å². The highest BCUT2D eigenvalue weighted by atomic mass is 16.6. The molecule has 11 nitrogen and oxygen atoms in total. The number of carbonyl (C=O) groups excluding carboxylic acids is 4. The van der Waals surface area contributed by atoms with E-state index in [1.165, 1.54) is 19.4 Å². The zero-order valence-corrected chi connectivity index (χ0v) is 24.1. The van der Waals surface area contributed by atoms with Gasteiger partial charge in [0.25, 0.3) is 5.91 Å². The van der Waals surface area contributed by atoms with Gasteiger partial charge in [0.05, 0.1) is 36.7 Å². The number of anilines is 1. The molecule has 0 atom stereocenters. The van der Waals surface area contributed by atoms with Crippen LogP contribution in [0, 0.1) is 0 Å². The summed E-state index contributed by atoms with van der Waals surface area (Å²) >= 11 is 0. The highest BCUT2D eigenvalue weighted by Gasteiger charge is 2.21. The van der Waals surface area contributed by atoms with Crippen molar-refractivity contribution in [2.45, 2.75) is 45.1 Å². The van der Waals surface area contributed by atoms with Gasteiger partial charge < -0.3 is 24.8 Å². The topological polar surface area (TPSA) is 144 Å². The Morgan fingerprint density at radius 1 is 0.907 bits per heavy atom. The molecule has 224 valence electrons. The van der Waals surface area contributed by atoms with Crippen LogP contribution in [-0.4, -0.2) is 49.7 Å². The zero-order valence-electron chi connectivity index (χ0n) is 24.1. The smallest absolute Gasteiger partial charge is 0.343 e. The third-order valence-electron chi connectivity index (χ3n) is 6.74. The largest absolute Gasteiger partial charge is 0.497 e. The van der Waals surface area contributed by atoms with E-state index in [1.54, 1.807) is 67.6 Å². The van der Waals surface area contributed by atoms with Crippen molar-refractivity contribution in [2.24, 2.45) is 5.10 Å². The SMILES string of the molecule is CCOc1cc(/C=N/NC(=O)C(=O)Nc2ccccc2C(=O)NC2CCCCC2)ccc1OC(=O)c1ccc(OC)cc1. The third-order valence-corrected chi connectivity index (χ3v) is 6.74. The van der Waals surface area contributed by atoms with Gasteiger partial charge in [0.15, 0.2) is 11.5 Å². The predicted molar refractivity (Wildman–Crippen MR) is 161 cm³/mol. The van der Waals surface area contributed by atoms with Crippen LogP contribution in [-0.2, 0) is 9.59 Å². The van der Waals surface area contributed by atoms with E-state index in [0.29, 0.717) is 29.2 Å². The van der Waals surface area contributed by atoms with Gasteiger partial charge in [-0.15, -0.1) is 0 Å². The zero-order chi connectivity index (χ0) is 30.6. The molecule has 1 fully saturated rings. The van der Waals surface area contributed by atoms with Gasteiger partial charge in [0.2, 0.25) is 0 Å². The third kappa shape index (κ3) is 8.65. The number of para-hydroxylation sites is 1. The van der Waals surface area contributed by atoms with Crippen molar-refractivity contribution in [3.8, 4) is 17.2 Å². The summed E-state index contributed by atoms with van der Waals surface area (Å²) < 4.78 is 16.2. The first-order valence-corrected chi connectivity index (χ1v) is 14.0. The molecule has 0 saturated heterocycles. The molecular formula is C32H34N4O7. The number of nitrogens with zero attached hydrogens (tertiary/aromatic N) is 1. The standard InChI is InChI=1S/C32H34N4O7/c1-3-42-28-19-21(13-18-27(28)43-32(40)22-14-16-24(41-2)17-15-22)20-33-36-31(39)30(38)35-26-12-8-7-11-25(26)29(37)34-23-9-5-4-6-10-23/h7-8,11-20,23H,3-6,9-10H2,1-2H3,(H,34,37)(H,35,38)(H,36,39)/b33-20+. The Morgan fingerprint density at radius 2 is 1.65 bits per heavy atom. The van der Waals surface area contributed by atoms with Crippen LogP contribution in [0.3, 0.4) is 0 Å². The molecular weight excluding hydrogens is 552 g/mol. The summed E-state index contributed by atoms with van der Waals surface area (Å²) in [6.07, 6.45) is 6.46. The van der Waals surface area contributed by atoms with Gasteiger partial charge in [-0.3, -0.25) is 14.4 Å². The average Bonchev–Trinajstić information content (AvgIpc) is 3.03. The van der Waals surface area contributed by atoms with Gasteiger partial charge >= 0.3 is 17.8 Å². The van der Waals surface area contributed by atoms with E-state index in [-0.39, 0.29) is 28.9 Å². The second-order valence-electron chi connectivity index (χ2n) is 9.76. The first kappa shape index (κ1) is 30.8. The van der Waals surface area contributed by atoms with Gasteiger partial charge in [-0.05, 0) is 79.9 Å². The molecule has 0 bridgehead atoms. The molecule has 11 heteroatoms. The number of hydrogen-bond donors (Lipinski definition) is 3. The Morgan fingerprint density at radius 3 is 2.37 bits per heavy atom. The summed E-state index contributed by atoms with van der Waals surface area (Å²) in [6.45, 7) is 2.09. The van der Waals surface area contributed by atoms with Crippen LogP contribution in [0.1, 0.15) is 65.3 Å². The molecule has 4 rings (SSSR count). The maximum Gasteiger partial charge on any atom is 0.343 e. The average molecular weight is 587 g/mol. The van der Waals surface area contributed by atoms with Gasteiger partial charge in [-0.25, -0.2) is 10.2 Å². The maximum absolute atomic E-state index is 12.8. The second kappa shape index (κ2) is 15.2. The van der Waals surface area contributed by atoms with Crippen LogP contribution in [0.15, 0.2) is 71.8 Å². The van der Waals surface area contributed by atoms with Crippen LogP contribution in [0.2, 0.25) is 0 Å². The summed E-state index contributed by atoms with van der Waals surface area (Å²) in [6, 6.07) is 17.8. The number of benzene rings is 3. The molecule has 1 saturated carbocycles. The van der Waals surface area contributed by atoms with Crippen molar-refractivity contribution in [3.05, 3.63) is 83.4 Å². The van der Waals surface area contributed by atoms with Crippen LogP contribution in [0.4, 0.5) is 5.69 Å². The summed E-state index contributed by atoms with van der Waals surface area (Å²) in [5, 5.41) is 9.36. The molecule has 0 unspecified atom stereocenters. The van der Waals surface area contributed by atoms with Crippen LogP contribution < -0.4 is 30.3 Å². The summed E-state index contributed by atoms with van der Waals surface area (Å²) in [5.74, 6) is -1.77. The lowest BCUT2D eigenvalue weighted by molar-refractivity contribution is -0.136. The first-order chi connectivity index (χ1) is 20.9. The number of carbonyl (C=O) groups is 4. The molecule has 3 amide bonds. The van der Waals surface area contributed by atoms with E-state index >= 15 is 0 Å². The summed E-state index contributed by atoms with van der Waals surface area (Å²) in [5.41, 5.74) is 3.52.